The molecular weight excluding hydrogens is 505 g/mol. The largest absolute Gasteiger partial charge is 0.354 e. The summed E-state index contributed by atoms with van der Waals surface area (Å²) in [6.07, 6.45) is 1.18. The molecule has 0 saturated carbocycles. The highest BCUT2D eigenvalue weighted by atomic mass is 32.2. The number of carbonyl (C=O) groups excluding carboxylic acids is 2. The molecule has 7 nitrogen and oxygen atoms in total. The quantitative estimate of drug-likeness (QED) is 0.345. The molecule has 2 N–H and O–H groups in total. The smallest absolute Gasteiger partial charge is 0.242 e. The maximum atomic E-state index is 13.4. The predicted molar refractivity (Wildman–Crippen MR) is 145 cm³/mol. The predicted octanol–water partition coefficient (Wildman–Crippen LogP) is 3.83. The van der Waals surface area contributed by atoms with E-state index in [4.69, 9.17) is 0 Å². The Bertz CT molecular complexity index is 1300. The maximum absolute atomic E-state index is 13.4. The third-order valence-corrected chi connectivity index (χ3v) is 7.75. The molecule has 0 aliphatic carbocycles. The molecule has 0 radical (unpaired) electrons. The van der Waals surface area contributed by atoms with E-state index < -0.39 is 16.1 Å². The van der Waals surface area contributed by atoms with E-state index in [1.807, 2.05) is 30.3 Å². The van der Waals surface area contributed by atoms with Gasteiger partial charge in [-0.1, -0.05) is 61.5 Å². The number of nitrogens with zero attached hydrogens (tertiary/aromatic N) is 1. The van der Waals surface area contributed by atoms with E-state index in [2.05, 4.69) is 10.0 Å². The first-order chi connectivity index (χ1) is 18.2. The van der Waals surface area contributed by atoms with E-state index in [0.29, 0.717) is 31.5 Å². The first-order valence-electron chi connectivity index (χ1n) is 12.6. The van der Waals surface area contributed by atoms with Crippen LogP contribution >= 0.6 is 0 Å². The van der Waals surface area contributed by atoms with Gasteiger partial charge in [0.2, 0.25) is 21.8 Å². The van der Waals surface area contributed by atoms with Crippen LogP contribution in [0.5, 0.6) is 0 Å². The van der Waals surface area contributed by atoms with Gasteiger partial charge in [-0.3, -0.25) is 9.59 Å². The zero-order valence-corrected chi connectivity index (χ0v) is 22.5. The molecule has 3 aromatic carbocycles. The van der Waals surface area contributed by atoms with Gasteiger partial charge >= 0.3 is 0 Å². The molecule has 1 atom stereocenters. The molecule has 0 aromatic heterocycles. The summed E-state index contributed by atoms with van der Waals surface area (Å²) in [5, 5.41) is 2.91. The van der Waals surface area contributed by atoms with Crippen LogP contribution in [-0.2, 0) is 39.0 Å². The van der Waals surface area contributed by atoms with E-state index in [1.54, 1.807) is 38.1 Å². The number of carbonyl (C=O) groups is 2. The Hall–Kier alpha value is -3.56. The molecule has 0 aliphatic rings. The lowest BCUT2D eigenvalue weighted by atomic mass is 10.1. The van der Waals surface area contributed by atoms with Gasteiger partial charge in [0.05, 0.1) is 4.90 Å². The molecule has 0 unspecified atom stereocenters. The molecule has 2 amide bonds. The number of benzene rings is 3. The zero-order chi connectivity index (χ0) is 27.5. The fraction of sp³-hybridized carbons (Fsp3) is 0.310. The molecule has 3 aromatic rings. The van der Waals surface area contributed by atoms with Gasteiger partial charge in [-0.15, -0.1) is 0 Å². The summed E-state index contributed by atoms with van der Waals surface area (Å²) in [6, 6.07) is 21.3. The molecule has 0 saturated heterocycles. The summed E-state index contributed by atoms with van der Waals surface area (Å²) in [4.78, 5) is 27.9. The molecule has 0 aliphatic heterocycles. The van der Waals surface area contributed by atoms with Gasteiger partial charge < -0.3 is 10.2 Å². The minimum absolute atomic E-state index is 0.127. The van der Waals surface area contributed by atoms with Gasteiger partial charge in [-0.25, -0.2) is 17.5 Å². The van der Waals surface area contributed by atoms with Crippen molar-refractivity contribution in [1.82, 2.24) is 14.9 Å². The number of rotatable bonds is 13. The van der Waals surface area contributed by atoms with Crippen molar-refractivity contribution in [3.05, 3.63) is 101 Å². The molecule has 202 valence electrons. The van der Waals surface area contributed by atoms with Crippen molar-refractivity contribution in [3.8, 4) is 0 Å². The van der Waals surface area contributed by atoms with E-state index in [1.165, 1.54) is 29.2 Å². The third-order valence-electron chi connectivity index (χ3n) is 6.18. The van der Waals surface area contributed by atoms with Gasteiger partial charge in [0.1, 0.15) is 11.9 Å². The topological polar surface area (TPSA) is 95.6 Å². The Balaban J connectivity index is 1.66. The van der Waals surface area contributed by atoms with Crippen LogP contribution in [0.3, 0.4) is 0 Å². The highest BCUT2D eigenvalue weighted by molar-refractivity contribution is 7.89. The molecule has 0 spiro atoms. The van der Waals surface area contributed by atoms with E-state index in [0.717, 1.165) is 11.1 Å². The van der Waals surface area contributed by atoms with Crippen LogP contribution in [0.1, 0.15) is 37.0 Å². The van der Waals surface area contributed by atoms with Crippen LogP contribution in [0.15, 0.2) is 83.8 Å². The molecule has 0 fully saturated rings. The molecular formula is C29H34FN3O4S. The van der Waals surface area contributed by atoms with Crippen molar-refractivity contribution in [2.24, 2.45) is 0 Å². The van der Waals surface area contributed by atoms with Crippen molar-refractivity contribution >= 4 is 21.8 Å². The number of sulfonamides is 1. The molecule has 0 bridgehead atoms. The lowest BCUT2D eigenvalue weighted by Gasteiger charge is -2.29. The van der Waals surface area contributed by atoms with E-state index in [-0.39, 0.29) is 35.5 Å². The molecule has 9 heteroatoms. The van der Waals surface area contributed by atoms with E-state index >= 15 is 0 Å². The SMILES string of the molecule is CCNS(=O)(=O)c1ccc(CCC(=O)N(Cc2ccc(F)cc2)[C@@H](C)C(=O)NCCc2ccccc2)cc1. The highest BCUT2D eigenvalue weighted by Gasteiger charge is 2.26. The average molecular weight is 540 g/mol. The van der Waals surface area contributed by atoms with Crippen LogP contribution in [0.25, 0.3) is 0 Å². The van der Waals surface area contributed by atoms with Crippen LogP contribution in [0.4, 0.5) is 4.39 Å². The van der Waals surface area contributed by atoms with Gasteiger partial charge in [-0.2, -0.15) is 0 Å². The molecule has 38 heavy (non-hydrogen) atoms. The number of nitrogens with one attached hydrogen (secondary N) is 2. The average Bonchev–Trinajstić information content (AvgIpc) is 2.91. The van der Waals surface area contributed by atoms with Crippen LogP contribution in [0.2, 0.25) is 0 Å². The number of aryl methyl sites for hydroxylation is 1. The van der Waals surface area contributed by atoms with Crippen molar-refractivity contribution in [2.75, 3.05) is 13.1 Å². The van der Waals surface area contributed by atoms with E-state index in [9.17, 15) is 22.4 Å². The highest BCUT2D eigenvalue weighted by Crippen LogP contribution is 2.16. The lowest BCUT2D eigenvalue weighted by molar-refractivity contribution is -0.140. The Kier molecular flexibility index (Phi) is 10.6. The van der Waals surface area contributed by atoms with Gasteiger partial charge in [0.25, 0.3) is 0 Å². The zero-order valence-electron chi connectivity index (χ0n) is 21.7. The van der Waals surface area contributed by atoms with Gasteiger partial charge in [0.15, 0.2) is 0 Å². The first kappa shape index (κ1) is 29.0. The molecule has 0 heterocycles. The minimum Gasteiger partial charge on any atom is -0.354 e. The number of hydrogen-bond acceptors (Lipinski definition) is 4. The number of hydrogen-bond donors (Lipinski definition) is 2. The summed E-state index contributed by atoms with van der Waals surface area (Å²) in [6.45, 7) is 4.28. The Morgan fingerprint density at radius 1 is 0.868 bits per heavy atom. The Labute approximate surface area is 224 Å². The van der Waals surface area contributed by atoms with Crippen molar-refractivity contribution in [3.63, 3.8) is 0 Å². The second-order valence-electron chi connectivity index (χ2n) is 9.00. The Morgan fingerprint density at radius 2 is 1.47 bits per heavy atom. The van der Waals surface area contributed by atoms with Crippen LogP contribution in [-0.4, -0.2) is 44.3 Å². The fourth-order valence-electron chi connectivity index (χ4n) is 4.00. The normalized spacial score (nSPS) is 12.1. The summed E-state index contributed by atoms with van der Waals surface area (Å²) >= 11 is 0. The summed E-state index contributed by atoms with van der Waals surface area (Å²) in [5.41, 5.74) is 2.61. The fourth-order valence-corrected chi connectivity index (χ4v) is 5.04. The molecule has 3 rings (SSSR count). The standard InChI is InChI=1S/C29H34FN3O4S/c1-3-32-38(36,37)27-16-11-24(12-17-27)13-18-28(34)33(21-25-9-14-26(30)15-10-25)22(2)29(35)31-20-19-23-7-5-4-6-8-23/h4-12,14-17,22,32H,3,13,18-21H2,1-2H3,(H,31,35)/t22-/m0/s1. The maximum Gasteiger partial charge on any atom is 0.242 e. The second kappa shape index (κ2) is 13.8. The lowest BCUT2D eigenvalue weighted by Crippen LogP contribution is -2.48. The monoisotopic (exact) mass is 539 g/mol. The van der Waals surface area contributed by atoms with Crippen LogP contribution < -0.4 is 10.0 Å². The van der Waals surface area contributed by atoms with Crippen molar-refractivity contribution in [2.45, 2.75) is 50.6 Å². The third kappa shape index (κ3) is 8.49. The summed E-state index contributed by atoms with van der Waals surface area (Å²) < 4.78 is 40.2. The first-order valence-corrected chi connectivity index (χ1v) is 14.1. The minimum atomic E-state index is -3.55. The second-order valence-corrected chi connectivity index (χ2v) is 10.8. The Morgan fingerprint density at radius 3 is 2.11 bits per heavy atom. The van der Waals surface area contributed by atoms with Crippen molar-refractivity contribution in [1.29, 1.82) is 0 Å². The number of halogens is 1. The summed E-state index contributed by atoms with van der Waals surface area (Å²) in [5.74, 6) is -0.878. The van der Waals surface area contributed by atoms with Gasteiger partial charge in [0, 0.05) is 26.1 Å². The van der Waals surface area contributed by atoms with Crippen molar-refractivity contribution < 1.29 is 22.4 Å². The van der Waals surface area contributed by atoms with Crippen LogP contribution in [0, 0.1) is 5.82 Å². The summed E-state index contributed by atoms with van der Waals surface area (Å²) in [7, 11) is -3.55. The number of amides is 2. The van der Waals surface area contributed by atoms with Gasteiger partial charge in [-0.05, 0) is 60.7 Å².